The molecule has 0 saturated carbocycles. The Morgan fingerprint density at radius 3 is 2.82 bits per heavy atom. The predicted molar refractivity (Wildman–Crippen MR) is 64.2 cm³/mol. The smallest absolute Gasteiger partial charge is 0.257 e. The van der Waals surface area contributed by atoms with Crippen molar-refractivity contribution in [1.82, 2.24) is 9.80 Å². The van der Waals surface area contributed by atoms with Gasteiger partial charge in [-0.3, -0.25) is 4.79 Å². The van der Waals surface area contributed by atoms with Gasteiger partial charge >= 0.3 is 0 Å². The first-order valence-electron chi connectivity index (χ1n) is 5.88. The van der Waals surface area contributed by atoms with Crippen molar-refractivity contribution in [3.8, 4) is 5.75 Å². The number of hydrogen-bond donors (Lipinski definition) is 0. The van der Waals surface area contributed by atoms with Crippen molar-refractivity contribution < 1.29 is 9.53 Å². The molecule has 0 spiro atoms. The number of carbonyl (C=O) groups excluding carboxylic acids is 1. The molecule has 0 radical (unpaired) electrons. The van der Waals surface area contributed by atoms with Crippen LogP contribution in [0.1, 0.15) is 10.4 Å². The van der Waals surface area contributed by atoms with E-state index in [4.69, 9.17) is 4.74 Å². The molecular weight excluding hydrogens is 216 g/mol. The maximum atomic E-state index is 12.3. The van der Waals surface area contributed by atoms with Crippen LogP contribution in [0.25, 0.3) is 0 Å². The zero-order valence-corrected chi connectivity index (χ0v) is 10.1. The van der Waals surface area contributed by atoms with Crippen molar-refractivity contribution >= 4 is 5.91 Å². The minimum Gasteiger partial charge on any atom is -0.486 e. The molecule has 0 N–H and O–H groups in total. The molecule has 0 bridgehead atoms. The number of benzene rings is 1. The number of amides is 1. The molecule has 4 heteroatoms. The summed E-state index contributed by atoms with van der Waals surface area (Å²) < 4.78 is 5.99. The third kappa shape index (κ3) is 1.60. The first-order chi connectivity index (χ1) is 8.16. The maximum Gasteiger partial charge on any atom is 0.257 e. The fraction of sp³-hybridized carbons (Fsp3) is 0.462. The summed E-state index contributed by atoms with van der Waals surface area (Å²) in [5.41, 5.74) is 0.673. The number of hydrogen-bond acceptors (Lipinski definition) is 3. The van der Waals surface area contributed by atoms with E-state index in [0.29, 0.717) is 11.3 Å². The van der Waals surface area contributed by atoms with Crippen molar-refractivity contribution in [2.75, 3.05) is 27.2 Å². The molecule has 0 aliphatic carbocycles. The van der Waals surface area contributed by atoms with Gasteiger partial charge in [0.2, 0.25) is 0 Å². The molecule has 3 rings (SSSR count). The highest BCUT2D eigenvalue weighted by Crippen LogP contribution is 2.29. The number of likely N-dealkylation sites (N-methyl/N-ethyl adjacent to an activating group) is 2. The first kappa shape index (κ1) is 10.6. The van der Waals surface area contributed by atoms with Crippen LogP contribution in [0.2, 0.25) is 0 Å². The standard InChI is InChI=1S/C13H16N2O2/c1-14-7-10-12(8-14)17-11-6-4-3-5-9(11)13(16)15(10)2/h3-6,10,12H,7-8H2,1-2H3/t10-,12+/m1/s1. The number of para-hydroxylation sites is 1. The summed E-state index contributed by atoms with van der Waals surface area (Å²) >= 11 is 0. The van der Waals surface area contributed by atoms with E-state index in [-0.39, 0.29) is 18.1 Å². The highest BCUT2D eigenvalue weighted by Gasteiger charge is 2.40. The summed E-state index contributed by atoms with van der Waals surface area (Å²) in [4.78, 5) is 16.3. The molecule has 17 heavy (non-hydrogen) atoms. The van der Waals surface area contributed by atoms with Crippen molar-refractivity contribution in [1.29, 1.82) is 0 Å². The average molecular weight is 232 g/mol. The highest BCUT2D eigenvalue weighted by molar-refractivity contribution is 5.97. The number of likely N-dealkylation sites (tertiary alicyclic amines) is 1. The van der Waals surface area contributed by atoms with Gasteiger partial charge in [-0.15, -0.1) is 0 Å². The molecule has 1 aromatic carbocycles. The fourth-order valence-corrected chi connectivity index (χ4v) is 2.68. The van der Waals surface area contributed by atoms with Crippen LogP contribution in [-0.2, 0) is 0 Å². The number of nitrogens with zero attached hydrogens (tertiary/aromatic N) is 2. The SMILES string of the molecule is CN1C[C@@H]2Oc3ccccc3C(=O)N(C)[C@@H]2C1. The van der Waals surface area contributed by atoms with E-state index in [2.05, 4.69) is 11.9 Å². The van der Waals surface area contributed by atoms with Gasteiger partial charge in [0.15, 0.2) is 0 Å². The number of rotatable bonds is 0. The van der Waals surface area contributed by atoms with Crippen LogP contribution >= 0.6 is 0 Å². The Labute approximate surface area is 101 Å². The fourth-order valence-electron chi connectivity index (χ4n) is 2.68. The Bertz CT molecular complexity index is 460. The van der Waals surface area contributed by atoms with Crippen molar-refractivity contribution in [3.63, 3.8) is 0 Å². The lowest BCUT2D eigenvalue weighted by Crippen LogP contribution is -2.44. The van der Waals surface area contributed by atoms with Crippen LogP contribution in [0.4, 0.5) is 0 Å². The Hall–Kier alpha value is -1.55. The first-order valence-corrected chi connectivity index (χ1v) is 5.88. The van der Waals surface area contributed by atoms with Crippen molar-refractivity contribution in [2.24, 2.45) is 0 Å². The van der Waals surface area contributed by atoms with E-state index in [0.717, 1.165) is 13.1 Å². The van der Waals surface area contributed by atoms with Gasteiger partial charge in [-0.2, -0.15) is 0 Å². The molecule has 2 heterocycles. The van der Waals surface area contributed by atoms with Crippen molar-refractivity contribution in [3.05, 3.63) is 29.8 Å². The van der Waals surface area contributed by atoms with Crippen LogP contribution < -0.4 is 4.74 Å². The second kappa shape index (κ2) is 3.74. The highest BCUT2D eigenvalue weighted by atomic mass is 16.5. The minimum atomic E-state index is 0.0587. The molecule has 1 amide bonds. The monoisotopic (exact) mass is 232 g/mol. The summed E-state index contributed by atoms with van der Waals surface area (Å²) in [5, 5.41) is 0. The molecule has 2 aliphatic heterocycles. The zero-order chi connectivity index (χ0) is 12.0. The van der Waals surface area contributed by atoms with Gasteiger partial charge in [-0.25, -0.2) is 0 Å². The lowest BCUT2D eigenvalue weighted by atomic mass is 10.1. The maximum absolute atomic E-state index is 12.3. The molecule has 4 nitrogen and oxygen atoms in total. The van der Waals surface area contributed by atoms with Gasteiger partial charge in [0.1, 0.15) is 11.9 Å². The second-order valence-corrected chi connectivity index (χ2v) is 4.86. The van der Waals surface area contributed by atoms with Crippen LogP contribution in [-0.4, -0.2) is 55.0 Å². The molecule has 1 fully saturated rings. The van der Waals surface area contributed by atoms with Gasteiger partial charge < -0.3 is 14.5 Å². The molecule has 0 unspecified atom stereocenters. The third-order valence-corrected chi connectivity index (χ3v) is 3.63. The van der Waals surface area contributed by atoms with Gasteiger partial charge in [-0.1, -0.05) is 12.1 Å². The number of carbonyl (C=O) groups is 1. The van der Waals surface area contributed by atoms with E-state index >= 15 is 0 Å². The molecular formula is C13H16N2O2. The Kier molecular flexibility index (Phi) is 2.33. The second-order valence-electron chi connectivity index (χ2n) is 4.86. The normalized spacial score (nSPS) is 28.4. The van der Waals surface area contributed by atoms with Crippen molar-refractivity contribution in [2.45, 2.75) is 12.1 Å². The molecule has 2 aliphatic rings. The van der Waals surface area contributed by atoms with E-state index < -0.39 is 0 Å². The number of fused-ring (bicyclic) bond motifs is 2. The molecule has 0 aromatic heterocycles. The quantitative estimate of drug-likeness (QED) is 0.664. The predicted octanol–water partition coefficient (Wildman–Crippen LogP) is 0.834. The van der Waals surface area contributed by atoms with E-state index in [1.807, 2.05) is 36.2 Å². The largest absolute Gasteiger partial charge is 0.486 e. The van der Waals surface area contributed by atoms with Crippen LogP contribution in [0.5, 0.6) is 5.75 Å². The third-order valence-electron chi connectivity index (χ3n) is 3.63. The summed E-state index contributed by atoms with van der Waals surface area (Å²) in [6, 6.07) is 7.65. The molecule has 90 valence electrons. The minimum absolute atomic E-state index is 0.0587. The van der Waals surface area contributed by atoms with Crippen LogP contribution in [0, 0.1) is 0 Å². The van der Waals surface area contributed by atoms with Crippen LogP contribution in [0.3, 0.4) is 0 Å². The summed E-state index contributed by atoms with van der Waals surface area (Å²) in [6.07, 6.45) is 0.0811. The summed E-state index contributed by atoms with van der Waals surface area (Å²) in [5.74, 6) is 0.774. The summed E-state index contributed by atoms with van der Waals surface area (Å²) in [7, 11) is 3.92. The lowest BCUT2D eigenvalue weighted by molar-refractivity contribution is 0.0682. The Morgan fingerprint density at radius 1 is 1.24 bits per heavy atom. The molecule has 1 saturated heterocycles. The Morgan fingerprint density at radius 2 is 2.00 bits per heavy atom. The zero-order valence-electron chi connectivity index (χ0n) is 10.1. The van der Waals surface area contributed by atoms with Gasteiger partial charge in [0, 0.05) is 20.1 Å². The van der Waals surface area contributed by atoms with E-state index in [9.17, 15) is 4.79 Å². The van der Waals surface area contributed by atoms with Gasteiger partial charge in [-0.05, 0) is 19.2 Å². The average Bonchev–Trinajstić information content (AvgIpc) is 2.65. The van der Waals surface area contributed by atoms with E-state index in [1.54, 1.807) is 0 Å². The van der Waals surface area contributed by atoms with E-state index in [1.165, 1.54) is 0 Å². The lowest BCUT2D eigenvalue weighted by Gasteiger charge is -2.25. The Balaban J connectivity index is 2.04. The molecule has 2 atom stereocenters. The number of ether oxygens (including phenoxy) is 1. The van der Waals surface area contributed by atoms with Crippen LogP contribution in [0.15, 0.2) is 24.3 Å². The van der Waals surface area contributed by atoms with Gasteiger partial charge in [0.25, 0.3) is 5.91 Å². The summed E-state index contributed by atoms with van der Waals surface area (Å²) in [6.45, 7) is 1.75. The topological polar surface area (TPSA) is 32.8 Å². The van der Waals surface area contributed by atoms with Gasteiger partial charge in [0.05, 0.1) is 11.6 Å². The molecule has 1 aromatic rings.